The van der Waals surface area contributed by atoms with Gasteiger partial charge in [-0.25, -0.2) is 0 Å². The van der Waals surface area contributed by atoms with Crippen LogP contribution in [0.2, 0.25) is 0 Å². The van der Waals surface area contributed by atoms with Gasteiger partial charge in [0.15, 0.2) is 0 Å². The van der Waals surface area contributed by atoms with Gasteiger partial charge in [-0.15, -0.1) is 0 Å². The molecule has 0 spiro atoms. The molecule has 0 aromatic heterocycles. The van der Waals surface area contributed by atoms with Crippen molar-refractivity contribution in [2.24, 2.45) is 11.7 Å². The maximum Gasteiger partial charge on any atom is 0.0239 e. The van der Waals surface area contributed by atoms with Crippen molar-refractivity contribution in [2.75, 3.05) is 13.1 Å². The second-order valence-electron chi connectivity index (χ2n) is 6.52. The van der Waals surface area contributed by atoms with Crippen LogP contribution < -0.4 is 5.73 Å². The molecule has 0 amide bonds. The fourth-order valence-electron chi connectivity index (χ4n) is 3.42. The molecule has 1 aromatic rings. The molecule has 2 heteroatoms. The van der Waals surface area contributed by atoms with E-state index in [9.17, 15) is 0 Å². The SMILES string of the molecule is CCC1CCN(Cc2cc(C)c(C)cc2C)C(CN)C1. The Balaban J connectivity index is 2.11. The Bertz CT molecular complexity index is 453. The first-order valence-corrected chi connectivity index (χ1v) is 8.06. The monoisotopic (exact) mass is 274 g/mol. The number of likely N-dealkylation sites (tertiary alicyclic amines) is 1. The second-order valence-corrected chi connectivity index (χ2v) is 6.52. The van der Waals surface area contributed by atoms with E-state index in [1.165, 1.54) is 48.1 Å². The van der Waals surface area contributed by atoms with E-state index in [1.807, 2.05) is 0 Å². The zero-order valence-corrected chi connectivity index (χ0v) is 13.6. The van der Waals surface area contributed by atoms with E-state index in [0.29, 0.717) is 6.04 Å². The highest BCUT2D eigenvalue weighted by Gasteiger charge is 2.26. The number of hydrogen-bond acceptors (Lipinski definition) is 2. The van der Waals surface area contributed by atoms with Crippen LogP contribution >= 0.6 is 0 Å². The van der Waals surface area contributed by atoms with Crippen LogP contribution in [0, 0.1) is 26.7 Å². The average Bonchev–Trinajstić information content (AvgIpc) is 2.45. The molecule has 1 saturated heterocycles. The minimum Gasteiger partial charge on any atom is -0.329 e. The number of aryl methyl sites for hydroxylation is 3. The number of nitrogens with two attached hydrogens (primary N) is 1. The number of nitrogens with zero attached hydrogens (tertiary/aromatic N) is 1. The van der Waals surface area contributed by atoms with Crippen LogP contribution in [0.3, 0.4) is 0 Å². The molecule has 1 fully saturated rings. The van der Waals surface area contributed by atoms with Gasteiger partial charge < -0.3 is 5.73 Å². The Labute approximate surface area is 124 Å². The normalized spacial score (nSPS) is 24.1. The maximum atomic E-state index is 6.01. The topological polar surface area (TPSA) is 29.3 Å². The molecule has 20 heavy (non-hydrogen) atoms. The first kappa shape index (κ1) is 15.5. The van der Waals surface area contributed by atoms with Gasteiger partial charge in [-0.3, -0.25) is 4.90 Å². The standard InChI is InChI=1S/C18H30N2/c1-5-16-6-7-20(18(10-16)11-19)12-17-9-14(3)13(2)8-15(17)4/h8-9,16,18H,5-7,10-12,19H2,1-4H3. The number of piperidine rings is 1. The van der Waals surface area contributed by atoms with Gasteiger partial charge in [0.05, 0.1) is 0 Å². The Morgan fingerprint density at radius 3 is 2.50 bits per heavy atom. The summed E-state index contributed by atoms with van der Waals surface area (Å²) in [4.78, 5) is 2.60. The molecule has 112 valence electrons. The van der Waals surface area contributed by atoms with Crippen LogP contribution in [0.5, 0.6) is 0 Å². The van der Waals surface area contributed by atoms with Gasteiger partial charge in [-0.1, -0.05) is 25.5 Å². The molecule has 2 N–H and O–H groups in total. The maximum absolute atomic E-state index is 6.01. The molecule has 2 atom stereocenters. The first-order valence-electron chi connectivity index (χ1n) is 8.06. The van der Waals surface area contributed by atoms with E-state index in [-0.39, 0.29) is 0 Å². The van der Waals surface area contributed by atoms with Crippen LogP contribution in [0.15, 0.2) is 12.1 Å². The Morgan fingerprint density at radius 2 is 1.85 bits per heavy atom. The summed E-state index contributed by atoms with van der Waals surface area (Å²) in [6.07, 6.45) is 3.90. The van der Waals surface area contributed by atoms with E-state index in [4.69, 9.17) is 5.73 Å². The van der Waals surface area contributed by atoms with Crippen LogP contribution in [0.25, 0.3) is 0 Å². The van der Waals surface area contributed by atoms with Crippen molar-refractivity contribution in [2.45, 2.75) is 59.5 Å². The predicted molar refractivity (Wildman–Crippen MR) is 86.9 cm³/mol. The minimum atomic E-state index is 0.565. The lowest BCUT2D eigenvalue weighted by Crippen LogP contribution is -2.46. The van der Waals surface area contributed by atoms with E-state index in [1.54, 1.807) is 0 Å². The summed E-state index contributed by atoms with van der Waals surface area (Å²) in [5.41, 5.74) is 11.7. The molecule has 2 unspecified atom stereocenters. The molecule has 0 bridgehead atoms. The van der Waals surface area contributed by atoms with Gasteiger partial charge in [0.2, 0.25) is 0 Å². The number of benzene rings is 1. The summed E-state index contributed by atoms with van der Waals surface area (Å²) in [5, 5.41) is 0. The summed E-state index contributed by atoms with van der Waals surface area (Å²) in [6.45, 7) is 12.0. The highest BCUT2D eigenvalue weighted by atomic mass is 15.2. The van der Waals surface area contributed by atoms with Crippen LogP contribution in [-0.2, 0) is 6.54 Å². The summed E-state index contributed by atoms with van der Waals surface area (Å²) in [6, 6.07) is 5.25. The lowest BCUT2D eigenvalue weighted by molar-refractivity contribution is 0.107. The van der Waals surface area contributed by atoms with E-state index >= 15 is 0 Å². The number of hydrogen-bond donors (Lipinski definition) is 1. The summed E-state index contributed by atoms with van der Waals surface area (Å²) in [7, 11) is 0. The molecule has 1 aliphatic rings. The van der Waals surface area contributed by atoms with Crippen molar-refractivity contribution < 1.29 is 0 Å². The van der Waals surface area contributed by atoms with E-state index < -0.39 is 0 Å². The Kier molecular flexibility index (Phi) is 5.22. The molecule has 2 nitrogen and oxygen atoms in total. The lowest BCUT2D eigenvalue weighted by Gasteiger charge is -2.39. The van der Waals surface area contributed by atoms with Gasteiger partial charge >= 0.3 is 0 Å². The third-order valence-corrected chi connectivity index (χ3v) is 5.12. The molecule has 0 aliphatic carbocycles. The fraction of sp³-hybridized carbons (Fsp3) is 0.667. The zero-order valence-electron chi connectivity index (χ0n) is 13.6. The largest absolute Gasteiger partial charge is 0.329 e. The Morgan fingerprint density at radius 1 is 1.15 bits per heavy atom. The Hall–Kier alpha value is -0.860. The average molecular weight is 274 g/mol. The molecule has 0 radical (unpaired) electrons. The number of rotatable bonds is 4. The van der Waals surface area contributed by atoms with Crippen molar-refractivity contribution in [3.8, 4) is 0 Å². The van der Waals surface area contributed by atoms with Gasteiger partial charge in [-0.2, -0.15) is 0 Å². The van der Waals surface area contributed by atoms with Gasteiger partial charge in [0.1, 0.15) is 0 Å². The van der Waals surface area contributed by atoms with Crippen molar-refractivity contribution in [3.63, 3.8) is 0 Å². The summed E-state index contributed by atoms with van der Waals surface area (Å²) in [5.74, 6) is 0.876. The second kappa shape index (κ2) is 6.73. The third-order valence-electron chi connectivity index (χ3n) is 5.12. The molecule has 1 aromatic carbocycles. The third kappa shape index (κ3) is 3.42. The molecule has 2 rings (SSSR count). The fourth-order valence-corrected chi connectivity index (χ4v) is 3.42. The zero-order chi connectivity index (χ0) is 14.7. The van der Waals surface area contributed by atoms with Crippen LogP contribution in [-0.4, -0.2) is 24.0 Å². The van der Waals surface area contributed by atoms with Gasteiger partial charge in [0, 0.05) is 19.1 Å². The van der Waals surface area contributed by atoms with Crippen molar-refractivity contribution in [1.82, 2.24) is 4.90 Å². The minimum absolute atomic E-state index is 0.565. The van der Waals surface area contributed by atoms with Crippen molar-refractivity contribution >= 4 is 0 Å². The van der Waals surface area contributed by atoms with E-state index in [2.05, 4.69) is 44.7 Å². The summed E-state index contributed by atoms with van der Waals surface area (Å²) >= 11 is 0. The molecule has 0 saturated carbocycles. The summed E-state index contributed by atoms with van der Waals surface area (Å²) < 4.78 is 0. The molecule has 1 heterocycles. The van der Waals surface area contributed by atoms with Crippen molar-refractivity contribution in [1.29, 1.82) is 0 Å². The van der Waals surface area contributed by atoms with Gasteiger partial charge in [-0.05, 0) is 68.3 Å². The molecular formula is C18H30N2. The molecule has 1 aliphatic heterocycles. The highest BCUT2D eigenvalue weighted by Crippen LogP contribution is 2.27. The highest BCUT2D eigenvalue weighted by molar-refractivity contribution is 5.36. The quantitative estimate of drug-likeness (QED) is 0.909. The van der Waals surface area contributed by atoms with Gasteiger partial charge in [0.25, 0.3) is 0 Å². The van der Waals surface area contributed by atoms with Crippen LogP contribution in [0.1, 0.15) is 48.4 Å². The predicted octanol–water partition coefficient (Wildman–Crippen LogP) is 3.56. The molecular weight excluding hydrogens is 244 g/mol. The van der Waals surface area contributed by atoms with E-state index in [0.717, 1.165) is 19.0 Å². The lowest BCUT2D eigenvalue weighted by atomic mass is 9.88. The van der Waals surface area contributed by atoms with Crippen molar-refractivity contribution in [3.05, 3.63) is 34.4 Å². The first-order chi connectivity index (χ1) is 9.55. The van der Waals surface area contributed by atoms with Crippen LogP contribution in [0.4, 0.5) is 0 Å². The smallest absolute Gasteiger partial charge is 0.0239 e.